The molecule has 168 valence electrons. The van der Waals surface area contributed by atoms with Gasteiger partial charge in [-0.15, -0.1) is 0 Å². The number of nitrogens with one attached hydrogen (secondary N) is 2. The Bertz CT molecular complexity index is 1160. The van der Waals surface area contributed by atoms with Gasteiger partial charge in [0.05, 0.1) is 5.52 Å². The largest absolute Gasteiger partial charge is 0.359 e. The lowest BCUT2D eigenvalue weighted by Gasteiger charge is -2.17. The van der Waals surface area contributed by atoms with E-state index in [-0.39, 0.29) is 29.3 Å². The third-order valence-corrected chi connectivity index (χ3v) is 6.38. The van der Waals surface area contributed by atoms with Gasteiger partial charge in [-0.25, -0.2) is 13.8 Å². The summed E-state index contributed by atoms with van der Waals surface area (Å²) in [6.07, 6.45) is 6.84. The maximum atomic E-state index is 14.8. The lowest BCUT2D eigenvalue weighted by Crippen LogP contribution is -2.32. The van der Waals surface area contributed by atoms with Crippen molar-refractivity contribution < 1.29 is 18.4 Å². The van der Waals surface area contributed by atoms with Crippen LogP contribution in [-0.4, -0.2) is 27.7 Å². The molecule has 0 saturated heterocycles. The molecule has 3 aromatic rings. The van der Waals surface area contributed by atoms with Gasteiger partial charge in [0.15, 0.2) is 11.6 Å². The molecule has 5 nitrogen and oxygen atoms in total. The number of hydrogen-bond acceptors (Lipinski definition) is 3. The number of pyridine rings is 1. The van der Waals surface area contributed by atoms with Crippen molar-refractivity contribution in [2.75, 3.05) is 0 Å². The van der Waals surface area contributed by atoms with Crippen molar-refractivity contribution in [3.63, 3.8) is 0 Å². The van der Waals surface area contributed by atoms with E-state index in [2.05, 4.69) is 15.3 Å². The Labute approximate surface area is 185 Å². The van der Waals surface area contributed by atoms with Crippen LogP contribution in [-0.2, 0) is 4.79 Å². The van der Waals surface area contributed by atoms with Gasteiger partial charge in [-0.2, -0.15) is 0 Å². The average molecular weight is 440 g/mol. The van der Waals surface area contributed by atoms with E-state index in [9.17, 15) is 18.4 Å². The summed E-state index contributed by atoms with van der Waals surface area (Å²) in [6, 6.07) is 6.22. The van der Waals surface area contributed by atoms with Crippen LogP contribution in [0.25, 0.3) is 22.0 Å². The Hall–Kier alpha value is -3.09. The number of H-pyrrole nitrogens is 1. The van der Waals surface area contributed by atoms with Gasteiger partial charge in [0, 0.05) is 41.7 Å². The SMILES string of the molecule is CCC(=O)NC1CCC(CC(C)C(=O)c2ncc(-c3cc(F)c4[nH]ccc4c3)cc2F)C1. The molecular formula is C25H27F2N3O2. The van der Waals surface area contributed by atoms with Crippen LogP contribution in [0.3, 0.4) is 0 Å². The first-order valence-corrected chi connectivity index (χ1v) is 11.1. The molecule has 2 heterocycles. The zero-order chi connectivity index (χ0) is 22.8. The molecule has 0 spiro atoms. The van der Waals surface area contributed by atoms with Crippen LogP contribution in [0, 0.1) is 23.5 Å². The number of carbonyl (C=O) groups excluding carboxylic acids is 2. The molecule has 0 bridgehead atoms. The number of benzene rings is 1. The molecule has 3 atom stereocenters. The fourth-order valence-electron chi connectivity index (χ4n) is 4.66. The molecule has 2 N–H and O–H groups in total. The second-order valence-corrected chi connectivity index (χ2v) is 8.75. The maximum Gasteiger partial charge on any atom is 0.219 e. The molecule has 1 saturated carbocycles. The summed E-state index contributed by atoms with van der Waals surface area (Å²) < 4.78 is 29.1. The third-order valence-electron chi connectivity index (χ3n) is 6.38. The van der Waals surface area contributed by atoms with Crippen LogP contribution in [0.2, 0.25) is 0 Å². The molecule has 1 amide bonds. The number of ketones is 1. The number of Topliss-reactive ketones (excluding diaryl/α,β-unsaturated/α-hetero) is 1. The minimum absolute atomic E-state index is 0.0432. The summed E-state index contributed by atoms with van der Waals surface area (Å²) in [7, 11) is 0. The zero-order valence-corrected chi connectivity index (χ0v) is 18.3. The molecule has 1 aliphatic carbocycles. The summed E-state index contributed by atoms with van der Waals surface area (Å²) in [6.45, 7) is 3.62. The topological polar surface area (TPSA) is 74.8 Å². The minimum atomic E-state index is -0.701. The summed E-state index contributed by atoms with van der Waals surface area (Å²) in [5.41, 5.74) is 1.13. The number of hydrogen-bond donors (Lipinski definition) is 2. The lowest BCUT2D eigenvalue weighted by atomic mass is 9.90. The van der Waals surface area contributed by atoms with Crippen molar-refractivity contribution in [3.8, 4) is 11.1 Å². The van der Waals surface area contributed by atoms with Crippen LogP contribution >= 0.6 is 0 Å². The Morgan fingerprint density at radius 1 is 1.19 bits per heavy atom. The first kappa shape index (κ1) is 22.1. The van der Waals surface area contributed by atoms with E-state index >= 15 is 0 Å². The molecule has 32 heavy (non-hydrogen) atoms. The van der Waals surface area contributed by atoms with Crippen LogP contribution in [0.4, 0.5) is 8.78 Å². The lowest BCUT2D eigenvalue weighted by molar-refractivity contribution is -0.121. The zero-order valence-electron chi connectivity index (χ0n) is 18.3. The van der Waals surface area contributed by atoms with E-state index in [1.807, 2.05) is 6.92 Å². The Kier molecular flexibility index (Phi) is 6.35. The summed E-state index contributed by atoms with van der Waals surface area (Å²) in [5.74, 6) is -1.48. The Morgan fingerprint density at radius 3 is 2.72 bits per heavy atom. The quantitative estimate of drug-likeness (QED) is 0.483. The number of amides is 1. The maximum absolute atomic E-state index is 14.8. The van der Waals surface area contributed by atoms with Gasteiger partial charge in [0.2, 0.25) is 5.91 Å². The molecule has 2 aromatic heterocycles. The number of halogens is 2. The molecule has 1 fully saturated rings. The molecule has 1 aliphatic rings. The molecule has 0 radical (unpaired) electrons. The number of fused-ring (bicyclic) bond motifs is 1. The van der Waals surface area contributed by atoms with Gasteiger partial charge < -0.3 is 10.3 Å². The Morgan fingerprint density at radius 2 is 1.97 bits per heavy atom. The van der Waals surface area contributed by atoms with Gasteiger partial charge in [0.25, 0.3) is 0 Å². The van der Waals surface area contributed by atoms with E-state index in [0.717, 1.165) is 19.3 Å². The standard InChI is InChI=1S/C25H27F2N3O2/c1-3-22(31)30-19-5-4-15(9-19)8-14(2)25(32)24-21(27)12-18(13-29-24)17-10-16-6-7-28-23(16)20(26)11-17/h6-7,10-15,19,28H,3-5,8-9H2,1-2H3,(H,30,31). The molecule has 3 unspecified atom stereocenters. The van der Waals surface area contributed by atoms with Crippen molar-refractivity contribution in [1.82, 2.24) is 15.3 Å². The highest BCUT2D eigenvalue weighted by Crippen LogP contribution is 2.32. The van der Waals surface area contributed by atoms with Crippen molar-refractivity contribution in [2.24, 2.45) is 11.8 Å². The second-order valence-electron chi connectivity index (χ2n) is 8.75. The van der Waals surface area contributed by atoms with E-state index in [4.69, 9.17) is 0 Å². The summed E-state index contributed by atoms with van der Waals surface area (Å²) >= 11 is 0. The highest BCUT2D eigenvalue weighted by molar-refractivity contribution is 5.96. The third kappa shape index (κ3) is 4.56. The highest BCUT2D eigenvalue weighted by atomic mass is 19.1. The molecule has 1 aromatic carbocycles. The molecule has 0 aliphatic heterocycles. The van der Waals surface area contributed by atoms with Crippen molar-refractivity contribution in [2.45, 2.75) is 52.0 Å². The summed E-state index contributed by atoms with van der Waals surface area (Å²) in [5, 5.41) is 3.69. The number of carbonyl (C=O) groups is 2. The monoisotopic (exact) mass is 439 g/mol. The van der Waals surface area contributed by atoms with Crippen LogP contribution in [0.15, 0.2) is 36.7 Å². The molecule has 7 heteroatoms. The molecular weight excluding hydrogens is 412 g/mol. The van der Waals surface area contributed by atoms with Crippen molar-refractivity contribution in [3.05, 3.63) is 54.0 Å². The highest BCUT2D eigenvalue weighted by Gasteiger charge is 2.30. The van der Waals surface area contributed by atoms with Crippen LogP contribution in [0.1, 0.15) is 56.4 Å². The van der Waals surface area contributed by atoms with E-state index in [1.54, 1.807) is 25.3 Å². The second kappa shape index (κ2) is 9.18. The normalized spacial score (nSPS) is 19.2. The number of rotatable bonds is 7. The van der Waals surface area contributed by atoms with Gasteiger partial charge in [0.1, 0.15) is 11.5 Å². The number of nitrogens with zero attached hydrogens (tertiary/aromatic N) is 1. The first-order chi connectivity index (χ1) is 15.4. The number of aromatic nitrogens is 2. The van der Waals surface area contributed by atoms with Gasteiger partial charge >= 0.3 is 0 Å². The van der Waals surface area contributed by atoms with Crippen molar-refractivity contribution in [1.29, 1.82) is 0 Å². The van der Waals surface area contributed by atoms with Gasteiger partial charge in [-0.3, -0.25) is 9.59 Å². The smallest absolute Gasteiger partial charge is 0.219 e. The predicted molar refractivity (Wildman–Crippen MR) is 119 cm³/mol. The summed E-state index contributed by atoms with van der Waals surface area (Å²) in [4.78, 5) is 31.4. The fraction of sp³-hybridized carbons (Fsp3) is 0.400. The average Bonchev–Trinajstić information content (AvgIpc) is 3.42. The Balaban J connectivity index is 1.44. The predicted octanol–water partition coefficient (Wildman–Crippen LogP) is 5.41. The number of aromatic amines is 1. The molecule has 4 rings (SSSR count). The van der Waals surface area contributed by atoms with E-state index in [0.29, 0.717) is 40.8 Å². The van der Waals surface area contributed by atoms with Crippen LogP contribution in [0.5, 0.6) is 0 Å². The van der Waals surface area contributed by atoms with Gasteiger partial charge in [-0.05, 0) is 61.4 Å². The first-order valence-electron chi connectivity index (χ1n) is 11.1. The van der Waals surface area contributed by atoms with Crippen LogP contribution < -0.4 is 5.32 Å². The van der Waals surface area contributed by atoms with E-state index < -0.39 is 11.6 Å². The fourth-order valence-corrected chi connectivity index (χ4v) is 4.66. The van der Waals surface area contributed by atoms with E-state index in [1.165, 1.54) is 18.3 Å². The van der Waals surface area contributed by atoms with Gasteiger partial charge in [-0.1, -0.05) is 13.8 Å². The van der Waals surface area contributed by atoms with Crippen molar-refractivity contribution >= 4 is 22.6 Å². The minimum Gasteiger partial charge on any atom is -0.359 e.